The molecule has 1 fully saturated rings. The van der Waals surface area contributed by atoms with Gasteiger partial charge in [0, 0.05) is 12.6 Å². The van der Waals surface area contributed by atoms with Gasteiger partial charge >= 0.3 is 5.97 Å². The van der Waals surface area contributed by atoms with Gasteiger partial charge in [0.15, 0.2) is 0 Å². The van der Waals surface area contributed by atoms with E-state index in [-0.39, 0.29) is 12.0 Å². The van der Waals surface area contributed by atoms with Crippen LogP contribution < -0.4 is 4.74 Å². The number of ether oxygens (including phenoxy) is 1. The van der Waals surface area contributed by atoms with Crippen molar-refractivity contribution in [2.75, 3.05) is 6.54 Å². The molecule has 3 rings (SSSR count). The van der Waals surface area contributed by atoms with Crippen LogP contribution in [0.3, 0.4) is 0 Å². The molecule has 0 saturated carbocycles. The van der Waals surface area contributed by atoms with E-state index in [0.29, 0.717) is 18.7 Å². The van der Waals surface area contributed by atoms with Gasteiger partial charge in [-0.05, 0) is 61.7 Å². The van der Waals surface area contributed by atoms with Crippen LogP contribution in [-0.2, 0) is 17.9 Å². The molecular formula is C22H24N2O3. The molecule has 5 heteroatoms. The first-order valence-corrected chi connectivity index (χ1v) is 9.24. The maximum atomic E-state index is 11.4. The van der Waals surface area contributed by atoms with Gasteiger partial charge in [-0.2, -0.15) is 5.26 Å². The van der Waals surface area contributed by atoms with Crippen LogP contribution in [0, 0.1) is 17.2 Å². The number of piperidine rings is 1. The summed E-state index contributed by atoms with van der Waals surface area (Å²) in [6.07, 6.45) is 1.66. The Morgan fingerprint density at radius 1 is 1.26 bits per heavy atom. The van der Waals surface area contributed by atoms with Crippen molar-refractivity contribution in [2.45, 2.75) is 39.0 Å². The minimum absolute atomic E-state index is 0.0227. The number of carbonyl (C=O) groups is 1. The van der Waals surface area contributed by atoms with Crippen LogP contribution >= 0.6 is 0 Å². The first-order chi connectivity index (χ1) is 13.1. The molecule has 5 nitrogen and oxygen atoms in total. The predicted molar refractivity (Wildman–Crippen MR) is 102 cm³/mol. The Balaban J connectivity index is 1.63. The van der Waals surface area contributed by atoms with E-state index in [9.17, 15) is 9.90 Å². The third-order valence-corrected chi connectivity index (χ3v) is 5.18. The second kappa shape index (κ2) is 8.70. The molecule has 1 N–H and O–H groups in total. The Bertz CT molecular complexity index is 843. The Morgan fingerprint density at radius 2 is 2.04 bits per heavy atom. The fraction of sp³-hybridized carbons (Fsp3) is 0.364. The topological polar surface area (TPSA) is 73.6 Å². The molecule has 1 saturated heterocycles. The van der Waals surface area contributed by atoms with Gasteiger partial charge < -0.3 is 9.84 Å². The number of carboxylic acid groups (broad SMARTS) is 1. The van der Waals surface area contributed by atoms with Crippen LogP contribution in [0.1, 0.15) is 36.5 Å². The molecule has 140 valence electrons. The van der Waals surface area contributed by atoms with Gasteiger partial charge in [0.2, 0.25) is 0 Å². The largest absolute Gasteiger partial charge is 0.489 e. The highest BCUT2D eigenvalue weighted by molar-refractivity contribution is 5.71. The Morgan fingerprint density at radius 3 is 2.81 bits per heavy atom. The molecule has 0 spiro atoms. The molecule has 2 atom stereocenters. The van der Waals surface area contributed by atoms with Gasteiger partial charge in [0.25, 0.3) is 0 Å². The van der Waals surface area contributed by atoms with Gasteiger partial charge in [-0.3, -0.25) is 9.69 Å². The van der Waals surface area contributed by atoms with E-state index in [2.05, 4.69) is 11.0 Å². The van der Waals surface area contributed by atoms with Crippen molar-refractivity contribution in [3.05, 3.63) is 65.2 Å². The molecule has 1 aliphatic heterocycles. The van der Waals surface area contributed by atoms with Gasteiger partial charge in [-0.25, -0.2) is 0 Å². The summed E-state index contributed by atoms with van der Waals surface area (Å²) >= 11 is 0. The first-order valence-electron chi connectivity index (χ1n) is 9.24. The number of nitriles is 1. The van der Waals surface area contributed by atoms with Crippen molar-refractivity contribution < 1.29 is 14.6 Å². The molecular weight excluding hydrogens is 340 g/mol. The molecule has 0 amide bonds. The number of rotatable bonds is 6. The number of hydrogen-bond donors (Lipinski definition) is 1. The van der Waals surface area contributed by atoms with Crippen LogP contribution in [0.2, 0.25) is 0 Å². The number of carboxylic acids is 1. The lowest BCUT2D eigenvalue weighted by Gasteiger charge is -2.37. The van der Waals surface area contributed by atoms with Crippen molar-refractivity contribution in [2.24, 2.45) is 5.92 Å². The Kier molecular flexibility index (Phi) is 6.10. The molecule has 0 aromatic heterocycles. The summed E-state index contributed by atoms with van der Waals surface area (Å²) in [7, 11) is 0. The molecule has 1 aliphatic rings. The maximum Gasteiger partial charge on any atom is 0.308 e. The normalized spacial score (nSPS) is 20.0. The zero-order valence-electron chi connectivity index (χ0n) is 15.5. The minimum Gasteiger partial charge on any atom is -0.489 e. The summed E-state index contributed by atoms with van der Waals surface area (Å²) in [5.41, 5.74) is 2.68. The van der Waals surface area contributed by atoms with Crippen LogP contribution in [0.15, 0.2) is 48.5 Å². The van der Waals surface area contributed by atoms with Gasteiger partial charge in [0.1, 0.15) is 12.4 Å². The Hall–Kier alpha value is -2.84. The fourth-order valence-corrected chi connectivity index (χ4v) is 3.63. The first kappa shape index (κ1) is 18.9. The highest BCUT2D eigenvalue weighted by Crippen LogP contribution is 2.26. The second-order valence-electron chi connectivity index (χ2n) is 7.05. The SMILES string of the molecule is C[C@@H]1[C@H](C(=O)O)CCCN1Cc1cccc(OCc2cccc(C#N)c2)c1. The lowest BCUT2D eigenvalue weighted by atomic mass is 9.90. The maximum absolute atomic E-state index is 11.4. The zero-order valence-corrected chi connectivity index (χ0v) is 15.5. The van der Waals surface area contributed by atoms with E-state index in [1.165, 1.54) is 0 Å². The molecule has 0 aliphatic carbocycles. The summed E-state index contributed by atoms with van der Waals surface area (Å²) in [6.45, 7) is 4.03. The van der Waals surface area contributed by atoms with E-state index >= 15 is 0 Å². The quantitative estimate of drug-likeness (QED) is 0.843. The van der Waals surface area contributed by atoms with E-state index in [0.717, 1.165) is 36.3 Å². The van der Waals surface area contributed by atoms with E-state index in [4.69, 9.17) is 10.00 Å². The van der Waals surface area contributed by atoms with E-state index < -0.39 is 5.97 Å². The summed E-state index contributed by atoms with van der Waals surface area (Å²) in [6, 6.07) is 17.5. The summed E-state index contributed by atoms with van der Waals surface area (Å²) in [5, 5.41) is 18.4. The second-order valence-corrected chi connectivity index (χ2v) is 7.05. The molecule has 2 aromatic carbocycles. The van der Waals surface area contributed by atoms with E-state index in [1.54, 1.807) is 6.07 Å². The third kappa shape index (κ3) is 4.87. The molecule has 2 aromatic rings. The van der Waals surface area contributed by atoms with Crippen LogP contribution in [0.5, 0.6) is 5.75 Å². The van der Waals surface area contributed by atoms with Crippen molar-refractivity contribution in [1.82, 2.24) is 4.90 Å². The minimum atomic E-state index is -0.705. The van der Waals surface area contributed by atoms with Crippen molar-refractivity contribution >= 4 is 5.97 Å². The monoisotopic (exact) mass is 364 g/mol. The fourth-order valence-electron chi connectivity index (χ4n) is 3.63. The van der Waals surface area contributed by atoms with Gasteiger partial charge in [-0.15, -0.1) is 0 Å². The number of benzene rings is 2. The zero-order chi connectivity index (χ0) is 19.2. The number of aliphatic carboxylic acids is 1. The van der Waals surface area contributed by atoms with Gasteiger partial charge in [0.05, 0.1) is 17.6 Å². The highest BCUT2D eigenvalue weighted by atomic mass is 16.5. The number of hydrogen-bond acceptors (Lipinski definition) is 4. The predicted octanol–water partition coefficient (Wildman–Crippen LogP) is 3.82. The number of nitrogens with zero attached hydrogens (tertiary/aromatic N) is 2. The van der Waals surface area contributed by atoms with Crippen LogP contribution in [0.4, 0.5) is 0 Å². The lowest BCUT2D eigenvalue weighted by Crippen LogP contribution is -2.45. The van der Waals surface area contributed by atoms with Crippen molar-refractivity contribution in [3.8, 4) is 11.8 Å². The van der Waals surface area contributed by atoms with Crippen molar-refractivity contribution in [1.29, 1.82) is 5.26 Å². The average Bonchev–Trinajstić information content (AvgIpc) is 2.68. The number of likely N-dealkylation sites (tertiary alicyclic amines) is 1. The third-order valence-electron chi connectivity index (χ3n) is 5.18. The lowest BCUT2D eigenvalue weighted by molar-refractivity contribution is -0.145. The molecule has 0 bridgehead atoms. The molecule has 0 unspecified atom stereocenters. The average molecular weight is 364 g/mol. The molecule has 0 radical (unpaired) electrons. The van der Waals surface area contributed by atoms with Gasteiger partial charge in [-0.1, -0.05) is 24.3 Å². The smallest absolute Gasteiger partial charge is 0.308 e. The summed E-state index contributed by atoms with van der Waals surface area (Å²) < 4.78 is 5.89. The van der Waals surface area contributed by atoms with Crippen LogP contribution in [-0.4, -0.2) is 28.6 Å². The molecule has 1 heterocycles. The standard InChI is InChI=1S/C22H24N2O3/c1-16-21(22(25)26)9-4-10-24(16)14-18-6-3-8-20(12-18)27-15-19-7-2-5-17(11-19)13-23/h2-3,5-8,11-12,16,21H,4,9-10,14-15H2,1H3,(H,25,26)/t16-,21-/m1/s1. The summed E-state index contributed by atoms with van der Waals surface area (Å²) in [5.74, 6) is -0.233. The molecule has 27 heavy (non-hydrogen) atoms. The van der Waals surface area contributed by atoms with Crippen LogP contribution in [0.25, 0.3) is 0 Å². The Labute approximate surface area is 159 Å². The van der Waals surface area contributed by atoms with E-state index in [1.807, 2.05) is 49.4 Å². The van der Waals surface area contributed by atoms with Crippen molar-refractivity contribution in [3.63, 3.8) is 0 Å². The highest BCUT2D eigenvalue weighted by Gasteiger charge is 2.32. The summed E-state index contributed by atoms with van der Waals surface area (Å²) in [4.78, 5) is 13.6.